The van der Waals surface area contributed by atoms with E-state index in [1.54, 1.807) is 10.9 Å². The summed E-state index contributed by atoms with van der Waals surface area (Å²) < 4.78 is 19.8. The number of pyridine rings is 1. The van der Waals surface area contributed by atoms with E-state index < -0.39 is 30.0 Å². The minimum Gasteiger partial charge on any atom is -0.444 e. The number of carbonyl (C=O) groups is 1. The van der Waals surface area contributed by atoms with Gasteiger partial charge in [0.2, 0.25) is 0 Å². The number of nitrogens with zero attached hydrogens (tertiary/aromatic N) is 3. The van der Waals surface area contributed by atoms with Gasteiger partial charge in [-0.3, -0.25) is 5.32 Å². The van der Waals surface area contributed by atoms with Crippen LogP contribution in [-0.4, -0.2) is 44.8 Å². The largest absolute Gasteiger partial charge is 0.494 e. The van der Waals surface area contributed by atoms with Crippen LogP contribution in [0.2, 0.25) is 0 Å². The second-order valence-electron chi connectivity index (χ2n) is 10.4. The maximum atomic E-state index is 12.6. The van der Waals surface area contributed by atoms with Crippen molar-refractivity contribution in [2.45, 2.75) is 72.2 Å². The van der Waals surface area contributed by atoms with E-state index in [1.165, 1.54) is 0 Å². The third-order valence-corrected chi connectivity index (χ3v) is 5.96. The Morgan fingerprint density at radius 3 is 2.39 bits per heavy atom. The van der Waals surface area contributed by atoms with Crippen molar-refractivity contribution in [3.05, 3.63) is 42.2 Å². The van der Waals surface area contributed by atoms with Gasteiger partial charge in [-0.25, -0.2) is 14.5 Å². The quantitative estimate of drug-likeness (QED) is 0.597. The molecule has 4 rings (SSSR count). The molecule has 0 bridgehead atoms. The summed E-state index contributed by atoms with van der Waals surface area (Å²) in [4.78, 5) is 17.2. The molecule has 3 heterocycles. The highest BCUT2D eigenvalue weighted by Gasteiger charge is 2.52. The number of benzene rings is 1. The molecule has 1 saturated heterocycles. The van der Waals surface area contributed by atoms with Gasteiger partial charge in [0.15, 0.2) is 5.82 Å². The maximum Gasteiger partial charge on any atom is 0.494 e. The van der Waals surface area contributed by atoms with E-state index in [0.29, 0.717) is 11.5 Å². The van der Waals surface area contributed by atoms with Gasteiger partial charge < -0.3 is 14.0 Å². The molecule has 0 atom stereocenters. The van der Waals surface area contributed by atoms with Crippen LogP contribution >= 0.6 is 0 Å². The van der Waals surface area contributed by atoms with Crippen molar-refractivity contribution in [1.82, 2.24) is 14.8 Å². The average molecular weight is 450 g/mol. The number of hydrogen-bond donors (Lipinski definition) is 1. The zero-order chi connectivity index (χ0) is 24.2. The molecule has 0 aliphatic carbocycles. The SMILES string of the molecule is Cc1cccc(-n2ncc3c(NC(=O)OC(C)(C)C)cc(B4OC(C)(C)C(C)(C)O4)cc32)n1. The van der Waals surface area contributed by atoms with E-state index in [-0.39, 0.29) is 0 Å². The molecule has 0 saturated carbocycles. The molecule has 1 N–H and O–H groups in total. The number of rotatable bonds is 3. The minimum absolute atomic E-state index is 0.496. The van der Waals surface area contributed by atoms with Crippen molar-refractivity contribution >= 4 is 35.3 Å². The summed E-state index contributed by atoms with van der Waals surface area (Å²) in [5.41, 5.74) is 1.36. The molecule has 0 spiro atoms. The van der Waals surface area contributed by atoms with Crippen molar-refractivity contribution in [2.24, 2.45) is 0 Å². The lowest BCUT2D eigenvalue weighted by Gasteiger charge is -2.32. The number of amides is 1. The average Bonchev–Trinajstić information content (AvgIpc) is 3.18. The summed E-state index contributed by atoms with van der Waals surface area (Å²) in [5, 5.41) is 8.19. The van der Waals surface area contributed by atoms with Crippen molar-refractivity contribution in [2.75, 3.05) is 5.32 Å². The molecule has 2 aromatic heterocycles. The highest BCUT2D eigenvalue weighted by atomic mass is 16.7. The number of anilines is 1. The van der Waals surface area contributed by atoms with Crippen LogP contribution < -0.4 is 10.8 Å². The van der Waals surface area contributed by atoms with E-state index in [4.69, 9.17) is 14.0 Å². The van der Waals surface area contributed by atoms with Gasteiger partial charge in [0.1, 0.15) is 5.60 Å². The van der Waals surface area contributed by atoms with Crippen LogP contribution in [0, 0.1) is 6.92 Å². The molecule has 1 aliphatic heterocycles. The maximum absolute atomic E-state index is 12.6. The normalized spacial score (nSPS) is 17.4. The number of nitrogens with one attached hydrogen (secondary N) is 1. The first kappa shape index (κ1) is 23.3. The number of aromatic nitrogens is 3. The smallest absolute Gasteiger partial charge is 0.444 e. The van der Waals surface area contributed by atoms with Gasteiger partial charge in [-0.2, -0.15) is 5.10 Å². The lowest BCUT2D eigenvalue weighted by Crippen LogP contribution is -2.41. The molecular formula is C24H31BN4O4. The van der Waals surface area contributed by atoms with Gasteiger partial charge in [-0.1, -0.05) is 6.07 Å². The number of carbonyl (C=O) groups excluding carboxylic acids is 1. The minimum atomic E-state index is -0.623. The lowest BCUT2D eigenvalue weighted by molar-refractivity contribution is 0.00578. The van der Waals surface area contributed by atoms with Crippen molar-refractivity contribution in [3.8, 4) is 5.82 Å². The van der Waals surface area contributed by atoms with Crippen molar-refractivity contribution in [1.29, 1.82) is 0 Å². The molecule has 1 aromatic carbocycles. The fourth-order valence-electron chi connectivity index (χ4n) is 3.61. The van der Waals surface area contributed by atoms with E-state index in [1.807, 2.05) is 85.7 Å². The Balaban J connectivity index is 1.83. The Bertz CT molecular complexity index is 1200. The molecule has 1 fully saturated rings. The van der Waals surface area contributed by atoms with Crippen LogP contribution in [0.4, 0.5) is 10.5 Å². The summed E-state index contributed by atoms with van der Waals surface area (Å²) in [7, 11) is -0.604. The monoisotopic (exact) mass is 450 g/mol. The third-order valence-electron chi connectivity index (χ3n) is 5.96. The fourth-order valence-corrected chi connectivity index (χ4v) is 3.61. The summed E-state index contributed by atoms with van der Waals surface area (Å²) >= 11 is 0. The number of aryl methyl sites for hydroxylation is 1. The standard InChI is InChI=1S/C24H31BN4O4/c1-15-10-9-11-20(27-15)29-19-13-16(25-32-23(5,6)24(7,8)33-25)12-18(17(19)14-26-29)28-21(30)31-22(2,3)4/h9-14H,1-8H3,(H,28,30). The predicted molar refractivity (Wildman–Crippen MR) is 129 cm³/mol. The highest BCUT2D eigenvalue weighted by Crippen LogP contribution is 2.37. The fraction of sp³-hybridized carbons (Fsp3) is 0.458. The summed E-state index contributed by atoms with van der Waals surface area (Å²) in [6.45, 7) is 15.4. The van der Waals surface area contributed by atoms with E-state index in [9.17, 15) is 4.79 Å². The summed E-state index contributed by atoms with van der Waals surface area (Å²) in [5.74, 6) is 0.680. The molecule has 1 amide bonds. The molecule has 8 nitrogen and oxygen atoms in total. The van der Waals surface area contributed by atoms with Crippen LogP contribution in [0.1, 0.15) is 54.2 Å². The molecular weight excluding hydrogens is 419 g/mol. The lowest BCUT2D eigenvalue weighted by atomic mass is 9.78. The van der Waals surface area contributed by atoms with Crippen molar-refractivity contribution in [3.63, 3.8) is 0 Å². The van der Waals surface area contributed by atoms with Gasteiger partial charge in [0.25, 0.3) is 0 Å². The zero-order valence-corrected chi connectivity index (χ0v) is 20.5. The summed E-state index contributed by atoms with van der Waals surface area (Å²) in [6.07, 6.45) is 1.16. The van der Waals surface area contributed by atoms with Gasteiger partial charge in [-0.05, 0) is 85.1 Å². The number of hydrogen-bond acceptors (Lipinski definition) is 6. The zero-order valence-electron chi connectivity index (χ0n) is 20.5. The van der Waals surface area contributed by atoms with Crippen LogP contribution in [0.3, 0.4) is 0 Å². The van der Waals surface area contributed by atoms with Crippen molar-refractivity contribution < 1.29 is 18.8 Å². The molecule has 0 radical (unpaired) electrons. The van der Waals surface area contributed by atoms with Crippen LogP contribution in [-0.2, 0) is 14.0 Å². The van der Waals surface area contributed by atoms with Gasteiger partial charge in [-0.15, -0.1) is 0 Å². The van der Waals surface area contributed by atoms with Gasteiger partial charge in [0, 0.05) is 11.1 Å². The Morgan fingerprint density at radius 1 is 1.12 bits per heavy atom. The first-order chi connectivity index (χ1) is 15.3. The van der Waals surface area contributed by atoms with Gasteiger partial charge >= 0.3 is 13.2 Å². The molecule has 0 unspecified atom stereocenters. The third kappa shape index (κ3) is 4.61. The number of fused-ring (bicyclic) bond motifs is 1. The molecule has 3 aromatic rings. The summed E-state index contributed by atoms with van der Waals surface area (Å²) in [6, 6.07) is 9.57. The Kier molecular flexibility index (Phi) is 5.53. The topological polar surface area (TPSA) is 87.5 Å². The van der Waals surface area contributed by atoms with E-state index in [2.05, 4.69) is 15.4 Å². The molecule has 33 heavy (non-hydrogen) atoms. The highest BCUT2D eigenvalue weighted by molar-refractivity contribution is 6.62. The Morgan fingerprint density at radius 2 is 1.79 bits per heavy atom. The molecule has 1 aliphatic rings. The first-order valence-corrected chi connectivity index (χ1v) is 11.1. The second kappa shape index (κ2) is 7.85. The van der Waals surface area contributed by atoms with Gasteiger partial charge in [0.05, 0.1) is 28.6 Å². The second-order valence-corrected chi connectivity index (χ2v) is 10.4. The van der Waals surface area contributed by atoms with Crippen LogP contribution in [0.25, 0.3) is 16.7 Å². The van der Waals surface area contributed by atoms with E-state index in [0.717, 1.165) is 22.1 Å². The van der Waals surface area contributed by atoms with Crippen LogP contribution in [0.15, 0.2) is 36.5 Å². The molecule has 174 valence electrons. The van der Waals surface area contributed by atoms with E-state index >= 15 is 0 Å². The van der Waals surface area contributed by atoms with Crippen LogP contribution in [0.5, 0.6) is 0 Å². The number of ether oxygens (including phenoxy) is 1. The Hall–Kier alpha value is -2.91. The first-order valence-electron chi connectivity index (χ1n) is 11.1. The Labute approximate surface area is 194 Å². The molecule has 9 heteroatoms. The predicted octanol–water partition coefficient (Wildman–Crippen LogP) is 4.38.